The lowest BCUT2D eigenvalue weighted by molar-refractivity contribution is -0.127. The first-order chi connectivity index (χ1) is 3.31. The van der Waals surface area contributed by atoms with E-state index in [0.717, 1.165) is 5.54 Å². The summed E-state index contributed by atoms with van der Waals surface area (Å²) in [5, 5.41) is 0. The van der Waals surface area contributed by atoms with E-state index in [0.29, 0.717) is 6.29 Å². The van der Waals surface area contributed by atoms with Crippen molar-refractivity contribution in [2.45, 2.75) is 6.42 Å². The second-order valence-corrected chi connectivity index (χ2v) is 0.888. The van der Waals surface area contributed by atoms with Gasteiger partial charge in [-0.15, -0.1) is 4.48 Å². The Morgan fingerprint density at radius 3 is 2.57 bits per heavy atom. The molecule has 0 aromatic rings. The summed E-state index contributed by atoms with van der Waals surface area (Å²) >= 11 is 0. The fourth-order valence-electron chi connectivity index (χ4n) is 0.114. The van der Waals surface area contributed by atoms with Crippen molar-refractivity contribution in [3.63, 3.8) is 0 Å². The van der Waals surface area contributed by atoms with E-state index in [-0.39, 0.29) is 0 Å². The third-order valence-electron chi connectivity index (χ3n) is 0.374. The van der Waals surface area contributed by atoms with Crippen molar-refractivity contribution >= 4 is 12.2 Å². The van der Waals surface area contributed by atoms with Gasteiger partial charge < -0.3 is 4.79 Å². The van der Waals surface area contributed by atoms with Crippen LogP contribution in [0.25, 0.3) is 0 Å². The average Bonchev–Trinajstić information content (AvgIpc) is 1.68. The number of hydrogen-bond donors (Lipinski definition) is 1. The van der Waals surface area contributed by atoms with Crippen LogP contribution in [-0.2, 0) is 9.59 Å². The molecule has 4 heteroatoms. The molecule has 40 valence electrons. The van der Waals surface area contributed by atoms with Gasteiger partial charge in [-0.3, -0.25) is 4.79 Å². The fourth-order valence-corrected chi connectivity index (χ4v) is 0.114. The molecule has 0 aliphatic rings. The molecule has 0 atom stereocenters. The molecular weight excluding hydrogens is 101 g/mol. The highest BCUT2D eigenvalue weighted by atomic mass is 19.2. The van der Waals surface area contributed by atoms with Gasteiger partial charge in [-0.25, -0.2) is 0 Å². The van der Waals surface area contributed by atoms with Crippen LogP contribution in [-0.4, -0.2) is 12.2 Å². The van der Waals surface area contributed by atoms with Crippen molar-refractivity contribution in [2.75, 3.05) is 0 Å². The molecule has 0 unspecified atom stereocenters. The summed E-state index contributed by atoms with van der Waals surface area (Å²) in [6.45, 7) is 0. The maximum absolute atomic E-state index is 10.8. The number of nitrogens with one attached hydrogen (secondary N) is 1. The Morgan fingerprint density at radius 1 is 1.86 bits per heavy atom. The van der Waals surface area contributed by atoms with E-state index in [1.165, 1.54) is 0 Å². The summed E-state index contributed by atoms with van der Waals surface area (Å²) in [6, 6.07) is 0. The Hall–Kier alpha value is -0.930. The van der Waals surface area contributed by atoms with Gasteiger partial charge in [0, 0.05) is 0 Å². The van der Waals surface area contributed by atoms with Crippen molar-refractivity contribution in [3.05, 3.63) is 0 Å². The van der Waals surface area contributed by atoms with E-state index in [1.54, 1.807) is 0 Å². The minimum Gasteiger partial charge on any atom is -0.303 e. The van der Waals surface area contributed by atoms with Crippen molar-refractivity contribution in [1.29, 1.82) is 0 Å². The minimum atomic E-state index is -0.907. The van der Waals surface area contributed by atoms with Gasteiger partial charge in [-0.2, -0.15) is 5.54 Å². The van der Waals surface area contributed by atoms with Crippen LogP contribution in [0.2, 0.25) is 0 Å². The monoisotopic (exact) mass is 105 g/mol. The summed E-state index contributed by atoms with van der Waals surface area (Å²) in [6.07, 6.45) is -0.0780. The highest BCUT2D eigenvalue weighted by molar-refractivity contribution is 5.87. The maximum atomic E-state index is 10.8. The van der Waals surface area contributed by atoms with Gasteiger partial charge >= 0.3 is 0 Å². The zero-order valence-electron chi connectivity index (χ0n) is 3.48. The Bertz CT molecular complexity index is 83.0. The Balaban J connectivity index is 3.17. The topological polar surface area (TPSA) is 46.2 Å². The van der Waals surface area contributed by atoms with Crippen molar-refractivity contribution in [3.8, 4) is 0 Å². The van der Waals surface area contributed by atoms with E-state index in [1.807, 2.05) is 0 Å². The van der Waals surface area contributed by atoms with Gasteiger partial charge in [0.15, 0.2) is 0 Å². The lowest BCUT2D eigenvalue weighted by Crippen LogP contribution is -2.12. The smallest absolute Gasteiger partial charge is 0.254 e. The highest BCUT2D eigenvalue weighted by Gasteiger charge is 1.93. The molecule has 0 aromatic carbocycles. The standard InChI is InChI=1S/C3H4FNO2/c4-5-3(7)1-2-6/h2H,1H2,(H,5,7). The van der Waals surface area contributed by atoms with Crippen LogP contribution >= 0.6 is 0 Å². The maximum Gasteiger partial charge on any atom is 0.254 e. The van der Waals surface area contributed by atoms with Crippen LogP contribution in [0.4, 0.5) is 4.48 Å². The molecule has 0 rings (SSSR count). The van der Waals surface area contributed by atoms with E-state index >= 15 is 0 Å². The number of carbonyl (C=O) groups excluding carboxylic acids is 2. The van der Waals surface area contributed by atoms with E-state index < -0.39 is 12.3 Å². The number of carbonyl (C=O) groups is 2. The predicted molar refractivity (Wildman–Crippen MR) is 19.9 cm³/mol. The molecule has 7 heavy (non-hydrogen) atoms. The van der Waals surface area contributed by atoms with Crippen LogP contribution in [0.1, 0.15) is 6.42 Å². The Labute approximate surface area is 39.4 Å². The first-order valence-corrected chi connectivity index (χ1v) is 1.64. The second-order valence-electron chi connectivity index (χ2n) is 0.888. The average molecular weight is 105 g/mol. The summed E-state index contributed by atoms with van der Waals surface area (Å²) in [7, 11) is 0. The van der Waals surface area contributed by atoms with Crippen molar-refractivity contribution in [2.24, 2.45) is 0 Å². The minimum absolute atomic E-state index is 0.328. The summed E-state index contributed by atoms with van der Waals surface area (Å²) in [5.74, 6) is -0.907. The number of amides is 1. The molecule has 0 saturated carbocycles. The molecule has 0 aromatic heterocycles. The van der Waals surface area contributed by atoms with Gasteiger partial charge in [0.1, 0.15) is 6.29 Å². The Kier molecular flexibility index (Phi) is 2.83. The third kappa shape index (κ3) is 2.88. The molecule has 0 radical (unpaired) electrons. The first-order valence-electron chi connectivity index (χ1n) is 1.64. The van der Waals surface area contributed by atoms with Gasteiger partial charge in [-0.05, 0) is 0 Å². The SMILES string of the molecule is O=CCC(=O)NF. The highest BCUT2D eigenvalue weighted by Crippen LogP contribution is 1.68. The molecule has 0 bridgehead atoms. The molecule has 0 saturated heterocycles. The van der Waals surface area contributed by atoms with E-state index in [4.69, 9.17) is 0 Å². The molecule has 0 heterocycles. The van der Waals surface area contributed by atoms with Crippen LogP contribution in [0.5, 0.6) is 0 Å². The summed E-state index contributed by atoms with van der Waals surface area (Å²) in [5.41, 5.74) is 0.796. The quantitative estimate of drug-likeness (QED) is 0.294. The zero-order valence-corrected chi connectivity index (χ0v) is 3.48. The normalized spacial score (nSPS) is 7.57. The number of rotatable bonds is 2. The van der Waals surface area contributed by atoms with Crippen LogP contribution in [0.3, 0.4) is 0 Å². The third-order valence-corrected chi connectivity index (χ3v) is 0.374. The number of aldehydes is 1. The molecule has 1 amide bonds. The number of halogens is 1. The van der Waals surface area contributed by atoms with Gasteiger partial charge in [0.05, 0.1) is 6.42 Å². The van der Waals surface area contributed by atoms with Crippen molar-refractivity contribution < 1.29 is 14.1 Å². The van der Waals surface area contributed by atoms with E-state index in [2.05, 4.69) is 0 Å². The lowest BCUT2D eigenvalue weighted by atomic mass is 10.5. The van der Waals surface area contributed by atoms with Gasteiger partial charge in [0.25, 0.3) is 5.91 Å². The molecule has 0 fully saturated rings. The molecule has 0 aliphatic carbocycles. The number of hydrogen-bond acceptors (Lipinski definition) is 2. The summed E-state index contributed by atoms with van der Waals surface area (Å²) in [4.78, 5) is 19.0. The first kappa shape index (κ1) is 6.07. The van der Waals surface area contributed by atoms with E-state index in [9.17, 15) is 14.1 Å². The van der Waals surface area contributed by atoms with Crippen LogP contribution < -0.4 is 5.54 Å². The fraction of sp³-hybridized carbons (Fsp3) is 0.333. The second kappa shape index (κ2) is 3.27. The molecule has 0 spiro atoms. The molecular formula is C3H4FNO2. The zero-order chi connectivity index (χ0) is 5.70. The largest absolute Gasteiger partial charge is 0.303 e. The van der Waals surface area contributed by atoms with Crippen LogP contribution in [0.15, 0.2) is 0 Å². The van der Waals surface area contributed by atoms with Gasteiger partial charge in [0.2, 0.25) is 0 Å². The lowest BCUT2D eigenvalue weighted by Gasteiger charge is -1.81. The Morgan fingerprint density at radius 2 is 2.43 bits per heavy atom. The molecule has 1 N–H and O–H groups in total. The molecule has 3 nitrogen and oxygen atoms in total. The van der Waals surface area contributed by atoms with Crippen molar-refractivity contribution in [1.82, 2.24) is 5.54 Å². The van der Waals surface area contributed by atoms with Crippen LogP contribution in [0, 0.1) is 0 Å². The molecule has 0 aliphatic heterocycles. The summed E-state index contributed by atoms with van der Waals surface area (Å²) < 4.78 is 10.8. The van der Waals surface area contributed by atoms with Gasteiger partial charge in [-0.1, -0.05) is 0 Å². The predicted octanol–water partition coefficient (Wildman–Crippen LogP) is -0.424.